The zero-order valence-corrected chi connectivity index (χ0v) is 20.5. The molecule has 0 bridgehead atoms. The number of hydrogen-bond donors (Lipinski definition) is 0. The molecular weight excluding hydrogens is 458 g/mol. The van der Waals surface area contributed by atoms with Gasteiger partial charge in [-0.25, -0.2) is 4.98 Å². The minimum atomic E-state index is 0.811. The van der Waals surface area contributed by atoms with Crippen LogP contribution in [0.1, 0.15) is 24.2 Å². The second-order valence-corrected chi connectivity index (χ2v) is 9.83. The van der Waals surface area contributed by atoms with Gasteiger partial charge in [0.25, 0.3) is 0 Å². The first-order chi connectivity index (χ1) is 17.8. The molecule has 0 saturated carbocycles. The predicted molar refractivity (Wildman–Crippen MR) is 151 cm³/mol. The highest BCUT2D eigenvalue weighted by molar-refractivity contribution is 7.09. The number of aromatic nitrogens is 3. The van der Waals surface area contributed by atoms with Crippen molar-refractivity contribution in [2.24, 2.45) is 0 Å². The molecule has 2 aromatic heterocycles. The van der Waals surface area contributed by atoms with E-state index in [1.807, 2.05) is 0 Å². The molecule has 0 spiro atoms. The number of hydrogen-bond acceptors (Lipinski definition) is 3. The Bertz CT molecular complexity index is 1730. The summed E-state index contributed by atoms with van der Waals surface area (Å²) in [6.07, 6.45) is 6.56. The summed E-state index contributed by atoms with van der Waals surface area (Å²) >= 11 is 1.47. The van der Waals surface area contributed by atoms with E-state index >= 15 is 0 Å². The topological polar surface area (TPSA) is 30.7 Å². The van der Waals surface area contributed by atoms with Crippen molar-refractivity contribution in [3.05, 3.63) is 127 Å². The minimum Gasteiger partial charge on any atom is -0.309 e. The van der Waals surface area contributed by atoms with E-state index in [9.17, 15) is 0 Å². The van der Waals surface area contributed by atoms with Crippen molar-refractivity contribution in [1.82, 2.24) is 13.9 Å². The number of fused-ring (bicyclic) bond motifs is 3. The fourth-order valence-electron chi connectivity index (χ4n) is 5.17. The summed E-state index contributed by atoms with van der Waals surface area (Å²) in [6.45, 7) is 0. The van der Waals surface area contributed by atoms with Crippen LogP contribution >= 0.6 is 11.5 Å². The summed E-state index contributed by atoms with van der Waals surface area (Å²) in [5, 5.41) is 3.47. The first-order valence-corrected chi connectivity index (χ1v) is 13.0. The number of rotatable bonds is 4. The summed E-state index contributed by atoms with van der Waals surface area (Å²) in [6, 6.07) is 36.4. The van der Waals surface area contributed by atoms with Gasteiger partial charge < -0.3 is 4.57 Å². The average Bonchev–Trinajstić information content (AvgIpc) is 3.58. The van der Waals surface area contributed by atoms with Gasteiger partial charge in [0.2, 0.25) is 0 Å². The van der Waals surface area contributed by atoms with Crippen molar-refractivity contribution in [1.29, 1.82) is 0 Å². The molecular formula is C32H23N3S. The lowest BCUT2D eigenvalue weighted by Gasteiger charge is -2.12. The fraction of sp³-hybridized carbons (Fsp3) is 0.0625. The Morgan fingerprint density at radius 3 is 2.17 bits per heavy atom. The van der Waals surface area contributed by atoms with E-state index < -0.39 is 0 Å². The van der Waals surface area contributed by atoms with Crippen LogP contribution in [0.3, 0.4) is 0 Å². The van der Waals surface area contributed by atoms with Crippen LogP contribution < -0.4 is 0 Å². The van der Waals surface area contributed by atoms with Crippen LogP contribution in [0.4, 0.5) is 0 Å². The third-order valence-electron chi connectivity index (χ3n) is 6.87. The van der Waals surface area contributed by atoms with Crippen LogP contribution in [0.5, 0.6) is 0 Å². The highest BCUT2D eigenvalue weighted by atomic mass is 32.1. The van der Waals surface area contributed by atoms with Crippen molar-refractivity contribution >= 4 is 44.5 Å². The van der Waals surface area contributed by atoms with Crippen LogP contribution in [-0.4, -0.2) is 13.9 Å². The standard InChI is InChI=1S/C32H23N3S/c1-2-10-22(11-3-1)23-12-8-13-24(20-23)31-33-32(36-34-31)25-14-9-15-26(21-25)35-29-18-6-4-16-27(29)28-17-5-7-19-30(28)35/h1-7,9-11,13-21H,8,12H2. The number of nitrogens with zero attached hydrogens (tertiary/aromatic N) is 3. The van der Waals surface area contributed by atoms with Gasteiger partial charge in [0.15, 0.2) is 5.82 Å². The lowest BCUT2D eigenvalue weighted by molar-refractivity contribution is 1.05. The normalized spacial score (nSPS) is 13.7. The maximum absolute atomic E-state index is 4.96. The molecule has 1 aliphatic rings. The van der Waals surface area contributed by atoms with Gasteiger partial charge in [0, 0.05) is 27.6 Å². The molecule has 4 heteroatoms. The zero-order chi connectivity index (χ0) is 23.9. The second-order valence-electron chi connectivity index (χ2n) is 9.08. The molecule has 0 atom stereocenters. The molecule has 1 aliphatic carbocycles. The van der Waals surface area contributed by atoms with E-state index in [-0.39, 0.29) is 0 Å². The molecule has 0 radical (unpaired) electrons. The molecule has 0 aliphatic heterocycles. The van der Waals surface area contributed by atoms with Crippen molar-refractivity contribution in [3.63, 3.8) is 0 Å². The molecule has 172 valence electrons. The highest BCUT2D eigenvalue weighted by Crippen LogP contribution is 2.35. The maximum atomic E-state index is 4.96. The lowest BCUT2D eigenvalue weighted by Crippen LogP contribution is -1.95. The Hall–Kier alpha value is -4.28. The van der Waals surface area contributed by atoms with Crippen LogP contribution in [0.15, 0.2) is 115 Å². The van der Waals surface area contributed by atoms with Gasteiger partial charge in [0.05, 0.1) is 11.0 Å². The second kappa shape index (κ2) is 8.74. The number of para-hydroxylation sites is 2. The third-order valence-corrected chi connectivity index (χ3v) is 7.63. The molecule has 36 heavy (non-hydrogen) atoms. The molecule has 3 nitrogen and oxygen atoms in total. The van der Waals surface area contributed by atoms with Crippen molar-refractivity contribution in [2.75, 3.05) is 0 Å². The van der Waals surface area contributed by atoms with E-state index in [0.29, 0.717) is 0 Å². The summed E-state index contributed by atoms with van der Waals surface area (Å²) in [4.78, 5) is 4.96. The third kappa shape index (κ3) is 3.58. The summed E-state index contributed by atoms with van der Waals surface area (Å²) in [5.41, 5.74) is 8.36. The van der Waals surface area contributed by atoms with Crippen molar-refractivity contribution in [2.45, 2.75) is 12.8 Å². The van der Waals surface area contributed by atoms with Gasteiger partial charge in [-0.2, -0.15) is 4.37 Å². The van der Waals surface area contributed by atoms with Crippen LogP contribution in [0.25, 0.3) is 49.2 Å². The summed E-state index contributed by atoms with van der Waals surface area (Å²) < 4.78 is 7.09. The van der Waals surface area contributed by atoms with E-state index in [0.717, 1.165) is 40.5 Å². The van der Waals surface area contributed by atoms with E-state index in [1.165, 1.54) is 44.5 Å². The molecule has 0 N–H and O–H groups in total. The van der Waals surface area contributed by atoms with Gasteiger partial charge in [-0.1, -0.05) is 84.9 Å². The summed E-state index contributed by atoms with van der Waals surface area (Å²) in [5.74, 6) is 0.811. The quantitative estimate of drug-likeness (QED) is 0.252. The van der Waals surface area contributed by atoms with Gasteiger partial charge in [-0.15, -0.1) is 0 Å². The fourth-order valence-corrected chi connectivity index (χ4v) is 5.85. The Morgan fingerprint density at radius 1 is 0.694 bits per heavy atom. The first-order valence-electron chi connectivity index (χ1n) is 12.2. The molecule has 0 fully saturated rings. The predicted octanol–water partition coefficient (Wildman–Crippen LogP) is 8.56. The van der Waals surface area contributed by atoms with Crippen molar-refractivity contribution < 1.29 is 0 Å². The largest absolute Gasteiger partial charge is 0.309 e. The molecule has 6 aromatic rings. The van der Waals surface area contributed by atoms with Gasteiger partial charge >= 0.3 is 0 Å². The molecule has 4 aromatic carbocycles. The Kier molecular flexibility index (Phi) is 5.11. The Labute approximate surface area is 213 Å². The molecule has 2 heterocycles. The van der Waals surface area contributed by atoms with Crippen LogP contribution in [-0.2, 0) is 0 Å². The SMILES string of the molecule is C1=C(c2ccccc2)CCC=C1c1nsc(-c2cccc(-n3c4ccccc4c4ccccc43)c2)n1. The number of allylic oxidation sites excluding steroid dienone is 4. The molecule has 0 saturated heterocycles. The maximum Gasteiger partial charge on any atom is 0.173 e. The van der Waals surface area contributed by atoms with Gasteiger partial charge in [0.1, 0.15) is 5.01 Å². The smallest absolute Gasteiger partial charge is 0.173 e. The number of benzene rings is 4. The highest BCUT2D eigenvalue weighted by Gasteiger charge is 2.16. The van der Waals surface area contributed by atoms with E-state index in [2.05, 4.69) is 120 Å². The van der Waals surface area contributed by atoms with E-state index in [4.69, 9.17) is 9.36 Å². The minimum absolute atomic E-state index is 0.811. The average molecular weight is 482 g/mol. The van der Waals surface area contributed by atoms with Gasteiger partial charge in [-0.3, -0.25) is 0 Å². The first kappa shape index (κ1) is 21.0. The van der Waals surface area contributed by atoms with Crippen molar-refractivity contribution in [3.8, 4) is 16.3 Å². The van der Waals surface area contributed by atoms with Crippen LogP contribution in [0, 0.1) is 0 Å². The van der Waals surface area contributed by atoms with Gasteiger partial charge in [-0.05, 0) is 65.9 Å². The Morgan fingerprint density at radius 2 is 1.39 bits per heavy atom. The summed E-state index contributed by atoms with van der Waals surface area (Å²) in [7, 11) is 0. The van der Waals surface area contributed by atoms with E-state index in [1.54, 1.807) is 0 Å². The zero-order valence-electron chi connectivity index (χ0n) is 19.6. The lowest BCUT2D eigenvalue weighted by atomic mass is 9.93. The van der Waals surface area contributed by atoms with Crippen LogP contribution in [0.2, 0.25) is 0 Å². The molecule has 0 amide bonds. The Balaban J connectivity index is 1.28. The molecule has 7 rings (SSSR count). The monoisotopic (exact) mass is 481 g/mol. The molecule has 0 unspecified atom stereocenters.